The molecule has 0 unspecified atom stereocenters. The van der Waals surface area contributed by atoms with Crippen LogP contribution in [0, 0.1) is 5.82 Å². The maximum absolute atomic E-state index is 13.0. The molecular formula is C15H20FO5P. The highest BCUT2D eigenvalue weighted by Crippen LogP contribution is 2.57. The highest BCUT2D eigenvalue weighted by atomic mass is 31.2. The molecule has 0 aliphatic rings. The number of hydrogen-bond acceptors (Lipinski definition) is 5. The fourth-order valence-corrected chi connectivity index (χ4v) is 3.32. The van der Waals surface area contributed by atoms with E-state index in [-0.39, 0.29) is 25.1 Å². The molecule has 0 aliphatic carbocycles. The molecule has 0 heterocycles. The predicted molar refractivity (Wildman–Crippen MR) is 81.9 cm³/mol. The topological polar surface area (TPSA) is 61.8 Å². The summed E-state index contributed by atoms with van der Waals surface area (Å²) in [4.78, 5) is 12.1. The van der Waals surface area contributed by atoms with Gasteiger partial charge in [-0.2, -0.15) is 0 Å². The van der Waals surface area contributed by atoms with Gasteiger partial charge >= 0.3 is 13.6 Å². The van der Waals surface area contributed by atoms with E-state index >= 15 is 0 Å². The van der Waals surface area contributed by atoms with Crippen LogP contribution in [0.4, 0.5) is 4.39 Å². The van der Waals surface area contributed by atoms with E-state index in [0.29, 0.717) is 5.56 Å². The van der Waals surface area contributed by atoms with Gasteiger partial charge in [0.25, 0.3) is 0 Å². The fraction of sp³-hybridized carbons (Fsp3) is 0.400. The Morgan fingerprint density at radius 1 is 1.09 bits per heavy atom. The molecule has 22 heavy (non-hydrogen) atoms. The lowest BCUT2D eigenvalue weighted by atomic mass is 10.2. The Kier molecular flexibility index (Phi) is 7.45. The van der Waals surface area contributed by atoms with E-state index < -0.39 is 19.4 Å². The van der Waals surface area contributed by atoms with Crippen LogP contribution in [0.25, 0.3) is 6.08 Å². The van der Waals surface area contributed by atoms with Crippen molar-refractivity contribution in [2.45, 2.75) is 20.8 Å². The fourth-order valence-electron chi connectivity index (χ4n) is 1.69. The third-order valence-electron chi connectivity index (χ3n) is 2.55. The summed E-state index contributed by atoms with van der Waals surface area (Å²) in [5, 5.41) is -0.204. The molecule has 0 spiro atoms. The van der Waals surface area contributed by atoms with Crippen LogP contribution in [0.1, 0.15) is 26.3 Å². The van der Waals surface area contributed by atoms with Crippen molar-refractivity contribution in [1.82, 2.24) is 0 Å². The summed E-state index contributed by atoms with van der Waals surface area (Å²) in [6, 6.07) is 5.38. The molecule has 1 rings (SSSR count). The predicted octanol–water partition coefficient (Wildman–Crippen LogP) is 4.00. The second-order valence-corrected chi connectivity index (χ2v) is 6.13. The van der Waals surface area contributed by atoms with Gasteiger partial charge in [0.2, 0.25) is 0 Å². The minimum absolute atomic E-state index is 0.109. The summed E-state index contributed by atoms with van der Waals surface area (Å²) < 4.78 is 41.1. The first kappa shape index (κ1) is 18.6. The van der Waals surface area contributed by atoms with E-state index in [9.17, 15) is 13.8 Å². The van der Waals surface area contributed by atoms with Crippen molar-refractivity contribution < 1.29 is 27.5 Å². The van der Waals surface area contributed by atoms with Crippen molar-refractivity contribution in [2.24, 2.45) is 0 Å². The molecule has 7 heteroatoms. The van der Waals surface area contributed by atoms with Crippen molar-refractivity contribution in [3.63, 3.8) is 0 Å². The van der Waals surface area contributed by atoms with Crippen LogP contribution in [0.3, 0.4) is 0 Å². The summed E-state index contributed by atoms with van der Waals surface area (Å²) in [6.07, 6.45) is 1.34. The maximum Gasteiger partial charge on any atom is 0.368 e. The number of rotatable bonds is 8. The van der Waals surface area contributed by atoms with Crippen LogP contribution < -0.4 is 0 Å². The average molecular weight is 330 g/mol. The first-order chi connectivity index (χ1) is 10.5. The van der Waals surface area contributed by atoms with Gasteiger partial charge in [0.1, 0.15) is 11.1 Å². The van der Waals surface area contributed by atoms with E-state index in [4.69, 9.17) is 13.8 Å². The number of esters is 1. The summed E-state index contributed by atoms with van der Waals surface area (Å²) >= 11 is 0. The highest BCUT2D eigenvalue weighted by molar-refractivity contribution is 7.60. The molecule has 0 N–H and O–H groups in total. The van der Waals surface area contributed by atoms with Gasteiger partial charge in [0.05, 0.1) is 19.8 Å². The van der Waals surface area contributed by atoms with E-state index in [1.807, 2.05) is 0 Å². The number of halogens is 1. The lowest BCUT2D eigenvalue weighted by Crippen LogP contribution is -2.11. The van der Waals surface area contributed by atoms with Crippen LogP contribution in [0.5, 0.6) is 0 Å². The zero-order chi connectivity index (χ0) is 16.6. The van der Waals surface area contributed by atoms with Crippen molar-refractivity contribution in [3.05, 3.63) is 41.0 Å². The third-order valence-corrected chi connectivity index (χ3v) is 4.65. The third kappa shape index (κ3) is 5.05. The minimum atomic E-state index is -3.80. The summed E-state index contributed by atoms with van der Waals surface area (Å²) in [7, 11) is -3.80. The number of carbonyl (C=O) groups is 1. The number of hydrogen-bond donors (Lipinski definition) is 0. The van der Waals surface area contributed by atoms with Crippen molar-refractivity contribution in [1.29, 1.82) is 0 Å². The van der Waals surface area contributed by atoms with E-state index in [1.165, 1.54) is 30.3 Å². The molecule has 0 saturated heterocycles. The van der Waals surface area contributed by atoms with Gasteiger partial charge in [-0.05, 0) is 44.5 Å². The van der Waals surface area contributed by atoms with Gasteiger partial charge < -0.3 is 13.8 Å². The molecule has 0 saturated carbocycles. The quantitative estimate of drug-likeness (QED) is 0.410. The van der Waals surface area contributed by atoms with Gasteiger partial charge in [0.15, 0.2) is 0 Å². The van der Waals surface area contributed by atoms with Gasteiger partial charge in [-0.25, -0.2) is 9.18 Å². The van der Waals surface area contributed by atoms with Gasteiger partial charge in [-0.15, -0.1) is 0 Å². The maximum atomic E-state index is 13.0. The first-order valence-electron chi connectivity index (χ1n) is 7.00. The lowest BCUT2D eigenvalue weighted by molar-refractivity contribution is -0.137. The van der Waals surface area contributed by atoms with Gasteiger partial charge in [0, 0.05) is 0 Å². The smallest absolute Gasteiger partial charge is 0.368 e. The van der Waals surface area contributed by atoms with Crippen LogP contribution >= 0.6 is 7.60 Å². The van der Waals surface area contributed by atoms with E-state index in [1.54, 1.807) is 20.8 Å². The molecule has 1 aromatic carbocycles. The van der Waals surface area contributed by atoms with E-state index in [0.717, 1.165) is 0 Å². The van der Waals surface area contributed by atoms with Crippen molar-refractivity contribution in [2.75, 3.05) is 19.8 Å². The first-order valence-corrected chi connectivity index (χ1v) is 8.55. The number of ether oxygens (including phenoxy) is 1. The molecule has 0 aromatic heterocycles. The highest BCUT2D eigenvalue weighted by Gasteiger charge is 2.36. The van der Waals surface area contributed by atoms with Crippen LogP contribution in [-0.2, 0) is 23.1 Å². The molecule has 1 aromatic rings. The Balaban J connectivity index is 3.29. The van der Waals surface area contributed by atoms with Crippen molar-refractivity contribution >= 4 is 19.6 Å². The Hall–Kier alpha value is -1.49. The molecule has 122 valence electrons. The van der Waals surface area contributed by atoms with Crippen LogP contribution in [0.2, 0.25) is 0 Å². The van der Waals surface area contributed by atoms with Gasteiger partial charge in [-0.1, -0.05) is 12.1 Å². The Morgan fingerprint density at radius 2 is 1.64 bits per heavy atom. The Bertz CT molecular complexity index is 558. The summed E-state index contributed by atoms with van der Waals surface area (Å²) in [5.74, 6) is -1.19. The van der Waals surface area contributed by atoms with Gasteiger partial charge in [-0.3, -0.25) is 4.57 Å². The SMILES string of the molecule is CCOC(=O)/C(=C/c1ccc(F)cc1)P(=O)(OCC)OCC. The largest absolute Gasteiger partial charge is 0.462 e. The molecule has 0 fully saturated rings. The zero-order valence-corrected chi connectivity index (χ0v) is 13.8. The minimum Gasteiger partial charge on any atom is -0.462 e. The molecule has 0 bridgehead atoms. The second-order valence-electron chi connectivity index (χ2n) is 4.13. The average Bonchev–Trinajstić information content (AvgIpc) is 2.47. The normalized spacial score (nSPS) is 12.3. The number of benzene rings is 1. The molecule has 0 radical (unpaired) electrons. The summed E-state index contributed by atoms with van der Waals surface area (Å²) in [5.41, 5.74) is 0.490. The molecule has 0 amide bonds. The molecule has 5 nitrogen and oxygen atoms in total. The number of carbonyl (C=O) groups excluding carboxylic acids is 1. The lowest BCUT2D eigenvalue weighted by Gasteiger charge is -2.19. The van der Waals surface area contributed by atoms with E-state index in [2.05, 4.69) is 0 Å². The molecular weight excluding hydrogens is 310 g/mol. The molecule has 0 aliphatic heterocycles. The second kappa shape index (κ2) is 8.83. The van der Waals surface area contributed by atoms with Crippen LogP contribution in [-0.4, -0.2) is 25.8 Å². The Morgan fingerprint density at radius 3 is 2.09 bits per heavy atom. The zero-order valence-electron chi connectivity index (χ0n) is 12.9. The van der Waals surface area contributed by atoms with Crippen LogP contribution in [0.15, 0.2) is 29.6 Å². The monoisotopic (exact) mass is 330 g/mol. The van der Waals surface area contributed by atoms with Crippen molar-refractivity contribution in [3.8, 4) is 0 Å². The molecule has 0 atom stereocenters. The summed E-state index contributed by atoms with van der Waals surface area (Å²) in [6.45, 7) is 5.27. The standard InChI is InChI=1S/C15H20FO5P/c1-4-19-15(17)14(22(18,20-5-2)21-6-3)11-12-7-9-13(16)10-8-12/h7-11H,4-6H2,1-3H3/b14-11-. The Labute approximate surface area is 129 Å².